The lowest BCUT2D eigenvalue weighted by molar-refractivity contribution is 0.262. The first-order valence-corrected chi connectivity index (χ1v) is 12.2. The van der Waals surface area contributed by atoms with E-state index in [2.05, 4.69) is 36.6 Å². The molecular formula is C28H29N3O2S. The summed E-state index contributed by atoms with van der Waals surface area (Å²) in [6, 6.07) is 21.7. The summed E-state index contributed by atoms with van der Waals surface area (Å²) < 4.78 is 5.28. The molecule has 0 spiro atoms. The molecule has 1 heterocycles. The Bertz CT molecular complexity index is 1260. The number of aromatic nitrogens is 1. The smallest absolute Gasteiger partial charge is 0.323 e. The molecule has 34 heavy (non-hydrogen) atoms. The van der Waals surface area contributed by atoms with Crippen molar-refractivity contribution in [2.75, 3.05) is 17.7 Å². The zero-order chi connectivity index (χ0) is 24.1. The van der Waals surface area contributed by atoms with Crippen LogP contribution in [0.15, 0.2) is 66.7 Å². The zero-order valence-electron chi connectivity index (χ0n) is 19.9. The van der Waals surface area contributed by atoms with Gasteiger partial charge in [0.05, 0.1) is 22.7 Å². The van der Waals surface area contributed by atoms with Crippen molar-refractivity contribution >= 4 is 28.7 Å². The number of carbonyl (C=O) groups excluding carboxylic acids is 1. The van der Waals surface area contributed by atoms with Gasteiger partial charge in [-0.05, 0) is 72.9 Å². The van der Waals surface area contributed by atoms with Gasteiger partial charge in [0.2, 0.25) is 0 Å². The fraction of sp³-hybridized carbons (Fsp3) is 0.214. The summed E-state index contributed by atoms with van der Waals surface area (Å²) in [7, 11) is 1.66. The summed E-state index contributed by atoms with van der Waals surface area (Å²) in [5, 5.41) is 7.01. The molecule has 4 aromatic rings. The van der Waals surface area contributed by atoms with Crippen LogP contribution < -0.4 is 15.4 Å². The molecule has 0 saturated heterocycles. The average molecular weight is 472 g/mol. The molecule has 0 bridgehead atoms. The van der Waals surface area contributed by atoms with E-state index in [-0.39, 0.29) is 6.03 Å². The largest absolute Gasteiger partial charge is 0.497 e. The third-order valence-electron chi connectivity index (χ3n) is 5.74. The number of methoxy groups -OCH3 is 1. The van der Waals surface area contributed by atoms with Crippen molar-refractivity contribution in [2.45, 2.75) is 33.6 Å². The first kappa shape index (κ1) is 23.5. The van der Waals surface area contributed by atoms with E-state index in [1.807, 2.05) is 61.5 Å². The highest BCUT2D eigenvalue weighted by atomic mass is 32.1. The molecule has 0 radical (unpaired) electrons. The Morgan fingerprint density at radius 2 is 1.50 bits per heavy atom. The van der Waals surface area contributed by atoms with Gasteiger partial charge in [0.25, 0.3) is 0 Å². The Morgan fingerprint density at radius 3 is 2.09 bits per heavy atom. The van der Waals surface area contributed by atoms with Gasteiger partial charge in [-0.25, -0.2) is 9.78 Å². The molecule has 0 aliphatic carbocycles. The second kappa shape index (κ2) is 10.5. The van der Waals surface area contributed by atoms with Crippen LogP contribution in [-0.2, 0) is 12.8 Å². The number of thiazole rings is 1. The normalized spacial score (nSPS) is 10.7. The Hall–Kier alpha value is -3.64. The van der Waals surface area contributed by atoms with Crippen LogP contribution in [0, 0.1) is 6.92 Å². The lowest BCUT2D eigenvalue weighted by Crippen LogP contribution is -2.21. The van der Waals surface area contributed by atoms with E-state index >= 15 is 0 Å². The number of nitrogens with one attached hydrogen (secondary N) is 2. The molecular weight excluding hydrogens is 442 g/mol. The number of benzene rings is 3. The van der Waals surface area contributed by atoms with Crippen molar-refractivity contribution in [1.29, 1.82) is 0 Å². The number of nitrogens with zero attached hydrogens (tertiary/aromatic N) is 1. The minimum atomic E-state index is -0.240. The number of urea groups is 1. The predicted octanol–water partition coefficient (Wildman–Crippen LogP) is 7.56. The summed E-state index contributed by atoms with van der Waals surface area (Å²) in [6.45, 7) is 6.20. The van der Waals surface area contributed by atoms with Crippen molar-refractivity contribution in [3.05, 3.63) is 82.9 Å². The van der Waals surface area contributed by atoms with Crippen LogP contribution in [0.2, 0.25) is 0 Å². The number of ether oxygens (including phenoxy) is 1. The monoisotopic (exact) mass is 471 g/mol. The third-order valence-corrected chi connectivity index (χ3v) is 6.76. The molecule has 6 heteroatoms. The van der Waals surface area contributed by atoms with Crippen molar-refractivity contribution in [3.8, 4) is 27.4 Å². The van der Waals surface area contributed by atoms with Gasteiger partial charge in [-0.1, -0.05) is 44.2 Å². The van der Waals surface area contributed by atoms with E-state index < -0.39 is 0 Å². The number of carbonyl (C=O) groups is 1. The molecule has 1 aromatic heterocycles. The van der Waals surface area contributed by atoms with E-state index in [0.717, 1.165) is 67.8 Å². The minimum Gasteiger partial charge on any atom is -0.497 e. The SMILES string of the molecule is CCc1cccc(CC)c1NC(=O)Nc1ccc(-c2sc(C)nc2-c2ccc(OC)cc2)cc1. The van der Waals surface area contributed by atoms with Crippen LogP contribution in [0.1, 0.15) is 30.0 Å². The average Bonchev–Trinajstić information content (AvgIpc) is 3.26. The van der Waals surface area contributed by atoms with Gasteiger partial charge in [-0.3, -0.25) is 0 Å². The van der Waals surface area contributed by atoms with Gasteiger partial charge in [-0.2, -0.15) is 0 Å². The molecule has 0 saturated carbocycles. The summed E-state index contributed by atoms with van der Waals surface area (Å²) in [5.74, 6) is 0.818. The summed E-state index contributed by atoms with van der Waals surface area (Å²) in [5.41, 5.74) is 6.97. The van der Waals surface area contributed by atoms with Crippen molar-refractivity contribution in [2.24, 2.45) is 0 Å². The highest BCUT2D eigenvalue weighted by Gasteiger charge is 2.14. The number of anilines is 2. The number of rotatable bonds is 7. The van der Waals surface area contributed by atoms with E-state index in [1.54, 1.807) is 18.4 Å². The summed E-state index contributed by atoms with van der Waals surface area (Å²) in [4.78, 5) is 18.6. The molecule has 0 aliphatic heterocycles. The Labute approximate surface area is 204 Å². The number of para-hydroxylation sites is 1. The maximum atomic E-state index is 12.7. The highest BCUT2D eigenvalue weighted by Crippen LogP contribution is 2.37. The van der Waals surface area contributed by atoms with Crippen molar-refractivity contribution in [3.63, 3.8) is 0 Å². The summed E-state index contributed by atoms with van der Waals surface area (Å²) >= 11 is 1.66. The lowest BCUT2D eigenvalue weighted by Gasteiger charge is -2.15. The third kappa shape index (κ3) is 5.13. The quantitative estimate of drug-likeness (QED) is 0.292. The summed E-state index contributed by atoms with van der Waals surface area (Å²) in [6.07, 6.45) is 1.73. The van der Waals surface area contributed by atoms with E-state index in [1.165, 1.54) is 0 Å². The Kier molecular flexibility index (Phi) is 7.28. The second-order valence-corrected chi connectivity index (χ2v) is 9.16. The van der Waals surface area contributed by atoms with Gasteiger partial charge in [0.15, 0.2) is 0 Å². The van der Waals surface area contributed by atoms with Gasteiger partial charge in [0.1, 0.15) is 5.75 Å². The Balaban J connectivity index is 1.52. The fourth-order valence-corrected chi connectivity index (χ4v) is 4.90. The Morgan fingerprint density at radius 1 is 0.882 bits per heavy atom. The van der Waals surface area contributed by atoms with Crippen LogP contribution in [-0.4, -0.2) is 18.1 Å². The molecule has 0 unspecified atom stereocenters. The van der Waals surface area contributed by atoms with Crippen LogP contribution in [0.4, 0.5) is 16.2 Å². The minimum absolute atomic E-state index is 0.240. The molecule has 2 N–H and O–H groups in total. The second-order valence-electron chi connectivity index (χ2n) is 7.95. The van der Waals surface area contributed by atoms with E-state index in [0.29, 0.717) is 0 Å². The standard InChI is InChI=1S/C28H29N3O2S/c1-5-19-8-7-9-20(6-2)25(19)31-28(32)30-23-14-10-22(11-15-23)27-26(29-18(3)34-27)21-12-16-24(33-4)17-13-21/h7-17H,5-6H2,1-4H3,(H2,30,31,32). The zero-order valence-corrected chi connectivity index (χ0v) is 20.8. The van der Waals surface area contributed by atoms with Gasteiger partial charge >= 0.3 is 6.03 Å². The molecule has 0 atom stereocenters. The molecule has 4 rings (SSSR count). The lowest BCUT2D eigenvalue weighted by atomic mass is 10.0. The number of amides is 2. The highest BCUT2D eigenvalue weighted by molar-refractivity contribution is 7.15. The molecule has 2 amide bonds. The number of aryl methyl sites for hydroxylation is 3. The molecule has 5 nitrogen and oxygen atoms in total. The maximum Gasteiger partial charge on any atom is 0.323 e. The van der Waals surface area contributed by atoms with Crippen LogP contribution in [0.25, 0.3) is 21.7 Å². The van der Waals surface area contributed by atoms with E-state index in [4.69, 9.17) is 9.72 Å². The number of hydrogen-bond donors (Lipinski definition) is 2. The first-order chi connectivity index (χ1) is 16.5. The topological polar surface area (TPSA) is 63.2 Å². The fourth-order valence-electron chi connectivity index (χ4n) is 3.95. The number of hydrogen-bond acceptors (Lipinski definition) is 4. The van der Waals surface area contributed by atoms with E-state index in [9.17, 15) is 4.79 Å². The van der Waals surface area contributed by atoms with Gasteiger partial charge in [0, 0.05) is 16.9 Å². The van der Waals surface area contributed by atoms with Crippen molar-refractivity contribution < 1.29 is 9.53 Å². The van der Waals surface area contributed by atoms with Crippen molar-refractivity contribution in [1.82, 2.24) is 4.98 Å². The molecule has 0 fully saturated rings. The first-order valence-electron chi connectivity index (χ1n) is 11.4. The molecule has 174 valence electrons. The maximum absolute atomic E-state index is 12.7. The predicted molar refractivity (Wildman–Crippen MR) is 142 cm³/mol. The molecule has 3 aromatic carbocycles. The molecule has 0 aliphatic rings. The van der Waals surface area contributed by atoms with Crippen LogP contribution in [0.5, 0.6) is 5.75 Å². The van der Waals surface area contributed by atoms with Gasteiger partial charge < -0.3 is 15.4 Å². The van der Waals surface area contributed by atoms with Gasteiger partial charge in [-0.15, -0.1) is 11.3 Å². The van der Waals surface area contributed by atoms with Crippen LogP contribution >= 0.6 is 11.3 Å². The van der Waals surface area contributed by atoms with Crippen LogP contribution in [0.3, 0.4) is 0 Å².